The number of carbonyl (C=O) groups is 1. The summed E-state index contributed by atoms with van der Waals surface area (Å²) >= 11 is 0. The topological polar surface area (TPSA) is 49.3 Å². The number of para-hydroxylation sites is 1. The Morgan fingerprint density at radius 1 is 1.16 bits per heavy atom. The van der Waals surface area contributed by atoms with Crippen molar-refractivity contribution in [3.05, 3.63) is 65.2 Å². The van der Waals surface area contributed by atoms with E-state index in [9.17, 15) is 9.90 Å². The van der Waals surface area contributed by atoms with E-state index in [2.05, 4.69) is 5.32 Å². The Morgan fingerprint density at radius 2 is 1.95 bits per heavy atom. The van der Waals surface area contributed by atoms with Crippen molar-refractivity contribution in [1.82, 2.24) is 0 Å². The second-order valence-electron chi connectivity index (χ2n) is 5.03. The molecular weight excluding hydrogens is 238 g/mol. The maximum Gasteiger partial charge on any atom is 0.261 e. The third-order valence-electron chi connectivity index (χ3n) is 3.54. The van der Waals surface area contributed by atoms with Crippen LogP contribution in [0.2, 0.25) is 0 Å². The standard InChI is InChI=1S/C16H15NO2/c1-11-5-4-6-12(9-11)10-16(19)13-7-2-3-8-14(13)17-15(16)18/h2-9,19H,10H2,1H3,(H,17,18). The molecule has 2 aromatic rings. The number of fused-ring (bicyclic) bond motifs is 1. The van der Waals surface area contributed by atoms with Crippen LogP contribution in [-0.2, 0) is 16.8 Å². The van der Waals surface area contributed by atoms with E-state index in [0.29, 0.717) is 11.3 Å². The minimum Gasteiger partial charge on any atom is -0.375 e. The summed E-state index contributed by atoms with van der Waals surface area (Å²) in [6.45, 7) is 2.00. The van der Waals surface area contributed by atoms with Gasteiger partial charge in [-0.1, -0.05) is 48.0 Å². The molecule has 96 valence electrons. The van der Waals surface area contributed by atoms with Crippen LogP contribution in [0.15, 0.2) is 48.5 Å². The maximum absolute atomic E-state index is 12.1. The van der Waals surface area contributed by atoms with E-state index in [1.165, 1.54) is 0 Å². The minimum atomic E-state index is -1.47. The van der Waals surface area contributed by atoms with Gasteiger partial charge in [-0.3, -0.25) is 4.79 Å². The van der Waals surface area contributed by atoms with Crippen molar-refractivity contribution in [3.8, 4) is 0 Å². The average Bonchev–Trinajstić information content (AvgIpc) is 2.62. The van der Waals surface area contributed by atoms with Crippen LogP contribution in [0.3, 0.4) is 0 Å². The number of anilines is 1. The molecule has 0 fully saturated rings. The smallest absolute Gasteiger partial charge is 0.261 e. The average molecular weight is 253 g/mol. The Kier molecular flexibility index (Phi) is 2.64. The Labute approximate surface area is 111 Å². The van der Waals surface area contributed by atoms with E-state index in [0.717, 1.165) is 11.1 Å². The van der Waals surface area contributed by atoms with E-state index in [1.54, 1.807) is 12.1 Å². The number of aliphatic hydroxyl groups is 1. The zero-order chi connectivity index (χ0) is 13.5. The highest BCUT2D eigenvalue weighted by Gasteiger charge is 2.44. The van der Waals surface area contributed by atoms with Gasteiger partial charge in [-0.2, -0.15) is 0 Å². The molecule has 3 heteroatoms. The van der Waals surface area contributed by atoms with Crippen molar-refractivity contribution in [3.63, 3.8) is 0 Å². The van der Waals surface area contributed by atoms with Gasteiger partial charge in [0.25, 0.3) is 5.91 Å². The molecule has 1 amide bonds. The molecule has 2 aromatic carbocycles. The molecule has 1 heterocycles. The fourth-order valence-electron chi connectivity index (χ4n) is 2.59. The number of hydrogen-bond donors (Lipinski definition) is 2. The van der Waals surface area contributed by atoms with Crippen molar-refractivity contribution < 1.29 is 9.90 Å². The number of benzene rings is 2. The Bertz CT molecular complexity index is 651. The zero-order valence-electron chi connectivity index (χ0n) is 10.7. The number of rotatable bonds is 2. The Balaban J connectivity index is 2.01. The highest BCUT2D eigenvalue weighted by Crippen LogP contribution is 2.38. The zero-order valence-corrected chi connectivity index (χ0v) is 10.7. The predicted octanol–water partition coefficient (Wildman–Crippen LogP) is 2.38. The van der Waals surface area contributed by atoms with Gasteiger partial charge >= 0.3 is 0 Å². The lowest BCUT2D eigenvalue weighted by Crippen LogP contribution is -2.36. The molecule has 2 N–H and O–H groups in total. The quantitative estimate of drug-likeness (QED) is 0.863. The predicted molar refractivity (Wildman–Crippen MR) is 73.9 cm³/mol. The molecule has 0 spiro atoms. The largest absolute Gasteiger partial charge is 0.375 e. The Morgan fingerprint density at radius 3 is 2.74 bits per heavy atom. The fraction of sp³-hybridized carbons (Fsp3) is 0.188. The van der Waals surface area contributed by atoms with Crippen LogP contribution in [0.25, 0.3) is 0 Å². The Hall–Kier alpha value is -2.13. The molecule has 3 rings (SSSR count). The van der Waals surface area contributed by atoms with Crippen LogP contribution in [0.1, 0.15) is 16.7 Å². The van der Waals surface area contributed by atoms with E-state index >= 15 is 0 Å². The molecule has 0 radical (unpaired) electrons. The summed E-state index contributed by atoms with van der Waals surface area (Å²) < 4.78 is 0. The monoisotopic (exact) mass is 253 g/mol. The molecule has 19 heavy (non-hydrogen) atoms. The first kappa shape index (κ1) is 11.9. The summed E-state index contributed by atoms with van der Waals surface area (Å²) in [5.74, 6) is -0.352. The van der Waals surface area contributed by atoms with Crippen LogP contribution in [0.4, 0.5) is 5.69 Å². The van der Waals surface area contributed by atoms with Crippen molar-refractivity contribution in [2.75, 3.05) is 5.32 Å². The van der Waals surface area contributed by atoms with Crippen LogP contribution in [0.5, 0.6) is 0 Å². The van der Waals surface area contributed by atoms with Gasteiger partial charge in [0, 0.05) is 17.7 Å². The maximum atomic E-state index is 12.1. The molecule has 1 atom stereocenters. The van der Waals surface area contributed by atoms with Crippen molar-refractivity contribution in [1.29, 1.82) is 0 Å². The molecule has 0 aromatic heterocycles. The first-order chi connectivity index (χ1) is 9.09. The lowest BCUT2D eigenvalue weighted by molar-refractivity contribution is -0.133. The normalized spacial score (nSPS) is 21.1. The number of nitrogens with one attached hydrogen (secondary N) is 1. The van der Waals surface area contributed by atoms with Gasteiger partial charge in [-0.15, -0.1) is 0 Å². The van der Waals surface area contributed by atoms with Crippen LogP contribution in [-0.4, -0.2) is 11.0 Å². The summed E-state index contributed by atoms with van der Waals surface area (Å²) in [6.07, 6.45) is 0.289. The second-order valence-corrected chi connectivity index (χ2v) is 5.03. The highest BCUT2D eigenvalue weighted by molar-refractivity contribution is 6.05. The van der Waals surface area contributed by atoms with Gasteiger partial charge in [0.15, 0.2) is 5.60 Å². The van der Waals surface area contributed by atoms with E-state index in [1.807, 2.05) is 43.3 Å². The van der Waals surface area contributed by atoms with Gasteiger partial charge in [0.05, 0.1) is 0 Å². The summed E-state index contributed by atoms with van der Waals surface area (Å²) in [7, 11) is 0. The number of carbonyl (C=O) groups excluding carboxylic acids is 1. The summed E-state index contributed by atoms with van der Waals surface area (Å²) in [5, 5.41) is 13.5. The van der Waals surface area contributed by atoms with Gasteiger partial charge in [-0.05, 0) is 18.6 Å². The van der Waals surface area contributed by atoms with E-state index < -0.39 is 5.60 Å². The van der Waals surface area contributed by atoms with Gasteiger partial charge < -0.3 is 10.4 Å². The van der Waals surface area contributed by atoms with Gasteiger partial charge in [0.1, 0.15) is 0 Å². The molecule has 0 bridgehead atoms. The van der Waals surface area contributed by atoms with Crippen molar-refractivity contribution >= 4 is 11.6 Å². The molecule has 0 saturated heterocycles. The van der Waals surface area contributed by atoms with Crippen LogP contribution >= 0.6 is 0 Å². The molecule has 0 saturated carbocycles. The third kappa shape index (κ3) is 1.92. The summed E-state index contributed by atoms with van der Waals surface area (Å²) in [4.78, 5) is 12.1. The SMILES string of the molecule is Cc1cccc(CC2(O)C(=O)Nc3ccccc32)c1. The highest BCUT2D eigenvalue weighted by atomic mass is 16.3. The number of aryl methyl sites for hydroxylation is 1. The molecule has 1 unspecified atom stereocenters. The molecule has 1 aliphatic rings. The van der Waals surface area contributed by atoms with E-state index in [-0.39, 0.29) is 12.3 Å². The van der Waals surface area contributed by atoms with Gasteiger partial charge in [0.2, 0.25) is 0 Å². The van der Waals surface area contributed by atoms with Gasteiger partial charge in [-0.25, -0.2) is 0 Å². The van der Waals surface area contributed by atoms with Crippen molar-refractivity contribution in [2.45, 2.75) is 18.9 Å². The third-order valence-corrected chi connectivity index (χ3v) is 3.54. The second kappa shape index (κ2) is 4.21. The molecular formula is C16H15NO2. The number of hydrogen-bond acceptors (Lipinski definition) is 2. The van der Waals surface area contributed by atoms with Crippen molar-refractivity contribution in [2.24, 2.45) is 0 Å². The fourth-order valence-corrected chi connectivity index (χ4v) is 2.59. The molecule has 1 aliphatic heterocycles. The first-order valence-corrected chi connectivity index (χ1v) is 6.28. The summed E-state index contributed by atoms with van der Waals surface area (Å²) in [5.41, 5.74) is 1.95. The molecule has 3 nitrogen and oxygen atoms in total. The lowest BCUT2D eigenvalue weighted by atomic mass is 9.88. The summed E-state index contributed by atoms with van der Waals surface area (Å²) in [6, 6.07) is 15.1. The minimum absolute atomic E-state index is 0.289. The first-order valence-electron chi connectivity index (χ1n) is 6.28. The molecule has 0 aliphatic carbocycles. The van der Waals surface area contributed by atoms with Crippen LogP contribution < -0.4 is 5.32 Å². The number of amides is 1. The van der Waals surface area contributed by atoms with Crippen LogP contribution in [0, 0.1) is 6.92 Å². The lowest BCUT2D eigenvalue weighted by Gasteiger charge is -2.21. The van der Waals surface area contributed by atoms with E-state index in [4.69, 9.17) is 0 Å².